The van der Waals surface area contributed by atoms with Gasteiger partial charge >= 0.3 is 0 Å². The van der Waals surface area contributed by atoms with E-state index >= 15 is 0 Å². The van der Waals surface area contributed by atoms with Gasteiger partial charge in [0, 0.05) is 39.9 Å². The van der Waals surface area contributed by atoms with Gasteiger partial charge in [0.1, 0.15) is 5.82 Å². The second kappa shape index (κ2) is 15.9. The zero-order chi connectivity index (χ0) is 20.1. The van der Waals surface area contributed by atoms with Crippen LogP contribution in [-0.2, 0) is 4.74 Å². The minimum atomic E-state index is -0.218. The molecule has 1 unspecified atom stereocenters. The number of likely N-dealkylation sites (N-methyl/N-ethyl adjacent to an activating group) is 2. The topological polar surface area (TPSA) is 52.1 Å². The Morgan fingerprint density at radius 1 is 1.21 bits per heavy atom. The average molecular weight is 509 g/mol. The van der Waals surface area contributed by atoms with E-state index in [0.29, 0.717) is 6.54 Å². The van der Waals surface area contributed by atoms with Crippen LogP contribution >= 0.6 is 24.0 Å². The summed E-state index contributed by atoms with van der Waals surface area (Å²) >= 11 is 0. The van der Waals surface area contributed by atoms with Crippen LogP contribution < -0.4 is 10.6 Å². The highest BCUT2D eigenvalue weighted by Gasteiger charge is 2.14. The van der Waals surface area contributed by atoms with Gasteiger partial charge in [0.2, 0.25) is 0 Å². The lowest BCUT2D eigenvalue weighted by molar-refractivity contribution is 0.180. The molecular formula is C20H37FIN5O. The van der Waals surface area contributed by atoms with Crippen LogP contribution in [0.25, 0.3) is 0 Å². The Morgan fingerprint density at radius 3 is 2.57 bits per heavy atom. The summed E-state index contributed by atoms with van der Waals surface area (Å²) in [6.07, 6.45) is 1.03. The van der Waals surface area contributed by atoms with E-state index in [1.807, 2.05) is 27.1 Å². The van der Waals surface area contributed by atoms with Gasteiger partial charge in [-0.2, -0.15) is 0 Å². The molecule has 0 bridgehead atoms. The van der Waals surface area contributed by atoms with Crippen LogP contribution in [0.3, 0.4) is 0 Å². The van der Waals surface area contributed by atoms with E-state index in [1.54, 1.807) is 19.2 Å². The molecule has 0 saturated heterocycles. The van der Waals surface area contributed by atoms with Crippen molar-refractivity contribution in [2.24, 2.45) is 4.99 Å². The first-order valence-electron chi connectivity index (χ1n) is 9.59. The maximum Gasteiger partial charge on any atom is 0.191 e. The highest BCUT2D eigenvalue weighted by atomic mass is 127. The van der Waals surface area contributed by atoms with Crippen LogP contribution in [0.4, 0.5) is 4.39 Å². The molecular weight excluding hydrogens is 472 g/mol. The third kappa shape index (κ3) is 11.1. The molecule has 0 aliphatic heterocycles. The molecule has 0 fully saturated rings. The average Bonchev–Trinajstić information content (AvgIpc) is 2.62. The van der Waals surface area contributed by atoms with Crippen LogP contribution in [-0.4, -0.2) is 83.3 Å². The van der Waals surface area contributed by atoms with Gasteiger partial charge in [-0.3, -0.25) is 4.99 Å². The van der Waals surface area contributed by atoms with Gasteiger partial charge in [0.15, 0.2) is 5.96 Å². The largest absolute Gasteiger partial charge is 0.385 e. The summed E-state index contributed by atoms with van der Waals surface area (Å²) in [6, 6.07) is 6.75. The Morgan fingerprint density at radius 2 is 1.96 bits per heavy atom. The van der Waals surface area contributed by atoms with Crippen molar-refractivity contribution in [1.82, 2.24) is 20.4 Å². The number of nitrogens with one attached hydrogen (secondary N) is 2. The molecule has 0 saturated carbocycles. The van der Waals surface area contributed by atoms with E-state index < -0.39 is 0 Å². The molecule has 0 aliphatic carbocycles. The first-order valence-corrected chi connectivity index (χ1v) is 9.59. The summed E-state index contributed by atoms with van der Waals surface area (Å²) in [6.45, 7) is 6.91. The number of benzene rings is 1. The Bertz CT molecular complexity index is 559. The van der Waals surface area contributed by atoms with Gasteiger partial charge in [-0.15, -0.1) is 24.0 Å². The third-order valence-electron chi connectivity index (χ3n) is 4.30. The highest BCUT2D eigenvalue weighted by Crippen LogP contribution is 2.19. The van der Waals surface area contributed by atoms with Gasteiger partial charge in [-0.05, 0) is 52.2 Å². The summed E-state index contributed by atoms with van der Waals surface area (Å²) in [4.78, 5) is 9.03. The van der Waals surface area contributed by atoms with E-state index in [4.69, 9.17) is 9.73 Å². The summed E-state index contributed by atoms with van der Waals surface area (Å²) < 4.78 is 18.7. The van der Waals surface area contributed by atoms with Crippen molar-refractivity contribution in [2.45, 2.75) is 19.4 Å². The minimum Gasteiger partial charge on any atom is -0.385 e. The molecule has 6 nitrogen and oxygen atoms in total. The molecule has 1 atom stereocenters. The van der Waals surface area contributed by atoms with E-state index in [-0.39, 0.29) is 35.8 Å². The first kappa shape index (κ1) is 27.0. The molecule has 0 heterocycles. The highest BCUT2D eigenvalue weighted by molar-refractivity contribution is 14.0. The molecule has 0 amide bonds. The fourth-order valence-corrected chi connectivity index (χ4v) is 2.76. The molecule has 0 radical (unpaired) electrons. The SMILES string of the molecule is CCNC(=NCC(c1cccc(F)c1)N(C)C)NCCN(C)CCCOC.I. The number of halogens is 2. The van der Waals surface area contributed by atoms with Gasteiger partial charge in [0.05, 0.1) is 12.6 Å². The number of ether oxygens (including phenoxy) is 1. The predicted octanol–water partition coefficient (Wildman–Crippen LogP) is 2.57. The fraction of sp³-hybridized carbons (Fsp3) is 0.650. The van der Waals surface area contributed by atoms with Gasteiger partial charge in [0.25, 0.3) is 0 Å². The smallest absolute Gasteiger partial charge is 0.191 e. The number of rotatable bonds is 12. The zero-order valence-corrected chi connectivity index (χ0v) is 20.2. The van der Waals surface area contributed by atoms with Crippen molar-refractivity contribution >= 4 is 29.9 Å². The molecule has 1 rings (SSSR count). The van der Waals surface area contributed by atoms with Crippen molar-refractivity contribution in [3.63, 3.8) is 0 Å². The lowest BCUT2D eigenvalue weighted by Crippen LogP contribution is -2.41. The molecule has 0 aromatic heterocycles. The Kier molecular flexibility index (Phi) is 15.3. The Hall–Kier alpha value is -0.970. The number of hydrogen-bond acceptors (Lipinski definition) is 4. The molecule has 28 heavy (non-hydrogen) atoms. The monoisotopic (exact) mass is 509 g/mol. The summed E-state index contributed by atoms with van der Waals surface area (Å²) in [5.41, 5.74) is 0.928. The first-order chi connectivity index (χ1) is 13.0. The number of hydrogen-bond donors (Lipinski definition) is 2. The van der Waals surface area contributed by atoms with Crippen molar-refractivity contribution in [3.05, 3.63) is 35.6 Å². The van der Waals surface area contributed by atoms with Crippen LogP contribution in [0.15, 0.2) is 29.3 Å². The Labute approximate surface area is 186 Å². The van der Waals surface area contributed by atoms with E-state index in [9.17, 15) is 4.39 Å². The van der Waals surface area contributed by atoms with Crippen LogP contribution in [0, 0.1) is 5.82 Å². The molecule has 1 aromatic rings. The molecule has 0 spiro atoms. The molecule has 1 aromatic carbocycles. The predicted molar refractivity (Wildman–Crippen MR) is 126 cm³/mol. The normalized spacial score (nSPS) is 12.8. The Balaban J connectivity index is 0.00000729. The van der Waals surface area contributed by atoms with E-state index in [0.717, 1.165) is 50.7 Å². The van der Waals surface area contributed by atoms with Crippen molar-refractivity contribution in [2.75, 3.05) is 67.6 Å². The lowest BCUT2D eigenvalue weighted by Gasteiger charge is -2.24. The fourth-order valence-electron chi connectivity index (χ4n) is 2.76. The quantitative estimate of drug-likeness (QED) is 0.196. The maximum absolute atomic E-state index is 13.6. The van der Waals surface area contributed by atoms with Gasteiger partial charge in [-0.1, -0.05) is 12.1 Å². The summed E-state index contributed by atoms with van der Waals surface area (Å²) in [5, 5.41) is 6.65. The zero-order valence-electron chi connectivity index (χ0n) is 17.9. The van der Waals surface area contributed by atoms with Gasteiger partial charge < -0.3 is 25.2 Å². The standard InChI is InChI=1S/C20H36FN5O.HI/c1-6-22-20(23-11-13-26(4)12-8-14-27-5)24-16-19(25(2)3)17-9-7-10-18(21)15-17;/h7,9-10,15,19H,6,8,11-14,16H2,1-5H3,(H2,22,23,24);1H. The van der Waals surface area contributed by atoms with E-state index in [2.05, 4.69) is 27.5 Å². The minimum absolute atomic E-state index is 0. The van der Waals surface area contributed by atoms with Crippen LogP contribution in [0.5, 0.6) is 0 Å². The molecule has 8 heteroatoms. The molecule has 2 N–H and O–H groups in total. The van der Waals surface area contributed by atoms with Crippen LogP contribution in [0.1, 0.15) is 24.9 Å². The number of aliphatic imine (C=N–C) groups is 1. The number of guanidine groups is 1. The van der Waals surface area contributed by atoms with Crippen molar-refractivity contribution in [3.8, 4) is 0 Å². The molecule has 0 aliphatic rings. The van der Waals surface area contributed by atoms with Crippen LogP contribution in [0.2, 0.25) is 0 Å². The number of nitrogens with zero attached hydrogens (tertiary/aromatic N) is 3. The van der Waals surface area contributed by atoms with Crippen molar-refractivity contribution in [1.29, 1.82) is 0 Å². The second-order valence-corrected chi connectivity index (χ2v) is 6.83. The summed E-state index contributed by atoms with van der Waals surface area (Å²) in [7, 11) is 7.81. The lowest BCUT2D eigenvalue weighted by atomic mass is 10.1. The van der Waals surface area contributed by atoms with Crippen molar-refractivity contribution < 1.29 is 9.13 Å². The molecule has 162 valence electrons. The number of methoxy groups -OCH3 is 1. The third-order valence-corrected chi connectivity index (χ3v) is 4.30. The maximum atomic E-state index is 13.6. The van der Waals surface area contributed by atoms with E-state index in [1.165, 1.54) is 6.07 Å². The second-order valence-electron chi connectivity index (χ2n) is 6.83. The van der Waals surface area contributed by atoms with Gasteiger partial charge in [-0.25, -0.2) is 4.39 Å². The summed E-state index contributed by atoms with van der Waals surface area (Å²) in [5.74, 6) is 0.566.